The van der Waals surface area contributed by atoms with Crippen molar-refractivity contribution in [3.63, 3.8) is 0 Å². The first-order valence-corrected chi connectivity index (χ1v) is 6.46. The quantitative estimate of drug-likeness (QED) is 0.908. The predicted molar refractivity (Wildman–Crippen MR) is 62.4 cm³/mol. The van der Waals surface area contributed by atoms with Crippen molar-refractivity contribution in [1.82, 2.24) is 4.98 Å². The fraction of sp³-hybridized carbons (Fsp3) is 0.556. The van der Waals surface area contributed by atoms with Gasteiger partial charge >= 0.3 is 5.97 Å². The summed E-state index contributed by atoms with van der Waals surface area (Å²) >= 11 is 4.76. The van der Waals surface area contributed by atoms with Gasteiger partial charge in [-0.3, -0.25) is 0 Å². The third-order valence-electron chi connectivity index (χ3n) is 2.50. The summed E-state index contributed by atoms with van der Waals surface area (Å²) in [7, 11) is 0. The number of carboxylic acid groups (broad SMARTS) is 1. The lowest BCUT2D eigenvalue weighted by Gasteiger charge is -2.32. The first-order chi connectivity index (χ1) is 7.18. The summed E-state index contributed by atoms with van der Waals surface area (Å²) in [5, 5.41) is 11.8. The van der Waals surface area contributed by atoms with Crippen LogP contribution in [0.15, 0.2) is 9.98 Å². The molecule has 1 aromatic heterocycles. The number of carbonyl (C=O) groups is 1. The Morgan fingerprint density at radius 1 is 1.67 bits per heavy atom. The summed E-state index contributed by atoms with van der Waals surface area (Å²) in [6.07, 6.45) is 2.74. The van der Waals surface area contributed by atoms with Crippen molar-refractivity contribution in [1.29, 1.82) is 0 Å². The van der Waals surface area contributed by atoms with E-state index < -0.39 is 12.0 Å². The predicted octanol–water partition coefficient (Wildman–Crippen LogP) is 2.35. The molecule has 1 atom stereocenters. The van der Waals surface area contributed by atoms with Crippen LogP contribution in [0.1, 0.15) is 19.3 Å². The number of aromatic nitrogens is 1. The Balaban J connectivity index is 2.21. The van der Waals surface area contributed by atoms with Gasteiger partial charge in [0.1, 0.15) is 10.6 Å². The van der Waals surface area contributed by atoms with Gasteiger partial charge in [-0.05, 0) is 35.2 Å². The maximum Gasteiger partial charge on any atom is 0.326 e. The van der Waals surface area contributed by atoms with Gasteiger partial charge in [0.2, 0.25) is 0 Å². The molecule has 1 fully saturated rings. The van der Waals surface area contributed by atoms with Crippen molar-refractivity contribution >= 4 is 38.4 Å². The van der Waals surface area contributed by atoms with Crippen LogP contribution in [-0.4, -0.2) is 28.6 Å². The van der Waals surface area contributed by atoms with Gasteiger partial charge in [-0.15, -0.1) is 11.3 Å². The molecule has 0 bridgehead atoms. The maximum atomic E-state index is 11.1. The van der Waals surface area contributed by atoms with E-state index in [0.717, 1.165) is 29.1 Å². The number of thiazole rings is 1. The van der Waals surface area contributed by atoms with Gasteiger partial charge in [-0.2, -0.15) is 0 Å². The molecule has 1 N–H and O–H groups in total. The second-order valence-corrected chi connectivity index (χ2v) is 5.15. The van der Waals surface area contributed by atoms with Crippen LogP contribution in [0.5, 0.6) is 0 Å². The number of nitrogens with zero attached hydrogens (tertiary/aromatic N) is 2. The lowest BCUT2D eigenvalue weighted by molar-refractivity contribution is -0.139. The summed E-state index contributed by atoms with van der Waals surface area (Å²) in [4.78, 5) is 17.2. The molecular formula is C9H11BrN2O2S. The highest BCUT2D eigenvalue weighted by Gasteiger charge is 2.30. The zero-order valence-corrected chi connectivity index (χ0v) is 10.4. The molecule has 0 amide bonds. The lowest BCUT2D eigenvalue weighted by Crippen LogP contribution is -2.44. The van der Waals surface area contributed by atoms with Crippen LogP contribution in [0.2, 0.25) is 0 Å². The number of aliphatic carboxylic acids is 1. The molecule has 1 unspecified atom stereocenters. The van der Waals surface area contributed by atoms with Gasteiger partial charge in [-0.25, -0.2) is 9.78 Å². The maximum absolute atomic E-state index is 11.1. The lowest BCUT2D eigenvalue weighted by atomic mass is 10.0. The Morgan fingerprint density at radius 3 is 3.07 bits per heavy atom. The smallest absolute Gasteiger partial charge is 0.326 e. The molecule has 0 saturated carbocycles. The Kier molecular flexibility index (Phi) is 3.25. The minimum absolute atomic E-state index is 0.406. The molecule has 6 heteroatoms. The van der Waals surface area contributed by atoms with E-state index >= 15 is 0 Å². The van der Waals surface area contributed by atoms with Crippen molar-refractivity contribution in [3.05, 3.63) is 9.98 Å². The topological polar surface area (TPSA) is 53.4 Å². The third-order valence-corrected chi connectivity index (χ3v) is 4.08. The number of carboxylic acids is 1. The molecule has 1 aliphatic rings. The highest BCUT2D eigenvalue weighted by Crippen LogP contribution is 2.29. The van der Waals surface area contributed by atoms with Crippen molar-refractivity contribution in [2.45, 2.75) is 25.3 Å². The molecule has 15 heavy (non-hydrogen) atoms. The molecule has 82 valence electrons. The second kappa shape index (κ2) is 4.49. The Labute approximate surface area is 100 Å². The first kappa shape index (κ1) is 10.9. The van der Waals surface area contributed by atoms with E-state index in [9.17, 15) is 4.79 Å². The van der Waals surface area contributed by atoms with Crippen LogP contribution in [0, 0.1) is 0 Å². The largest absolute Gasteiger partial charge is 0.480 e. The van der Waals surface area contributed by atoms with E-state index in [1.54, 1.807) is 0 Å². The van der Waals surface area contributed by atoms with Gasteiger partial charge in [-0.1, -0.05) is 0 Å². The summed E-state index contributed by atoms with van der Waals surface area (Å²) in [5.74, 6) is -0.749. The van der Waals surface area contributed by atoms with Crippen LogP contribution < -0.4 is 4.90 Å². The van der Waals surface area contributed by atoms with Gasteiger partial charge < -0.3 is 10.0 Å². The standard InChI is InChI=1S/C9H11BrN2O2S/c10-7-5-15-9(11-7)12-4-2-1-3-6(12)8(13)14/h5-6H,1-4H2,(H,13,14). The highest BCUT2D eigenvalue weighted by molar-refractivity contribution is 9.10. The number of rotatable bonds is 2. The zero-order valence-electron chi connectivity index (χ0n) is 8.02. The van der Waals surface area contributed by atoms with Crippen LogP contribution in [0.3, 0.4) is 0 Å². The average molecular weight is 291 g/mol. The first-order valence-electron chi connectivity index (χ1n) is 4.79. The van der Waals surface area contributed by atoms with E-state index in [1.165, 1.54) is 11.3 Å². The van der Waals surface area contributed by atoms with Crippen LogP contribution in [0.25, 0.3) is 0 Å². The van der Waals surface area contributed by atoms with Crippen molar-refractivity contribution in [2.75, 3.05) is 11.4 Å². The van der Waals surface area contributed by atoms with Crippen LogP contribution in [-0.2, 0) is 4.79 Å². The minimum Gasteiger partial charge on any atom is -0.480 e. The van der Waals surface area contributed by atoms with Crippen molar-refractivity contribution in [2.24, 2.45) is 0 Å². The van der Waals surface area contributed by atoms with Gasteiger partial charge in [0.25, 0.3) is 0 Å². The van der Waals surface area contributed by atoms with Crippen LogP contribution >= 0.6 is 27.3 Å². The van der Waals surface area contributed by atoms with Crippen LogP contribution in [0.4, 0.5) is 5.13 Å². The summed E-state index contributed by atoms with van der Waals surface area (Å²) in [6, 6.07) is -0.406. The minimum atomic E-state index is -0.749. The highest BCUT2D eigenvalue weighted by atomic mass is 79.9. The zero-order chi connectivity index (χ0) is 10.8. The molecule has 0 aromatic carbocycles. The summed E-state index contributed by atoms with van der Waals surface area (Å²) in [5.41, 5.74) is 0. The van der Waals surface area contributed by atoms with E-state index in [0.29, 0.717) is 6.42 Å². The molecule has 0 aliphatic carbocycles. The molecule has 2 rings (SSSR count). The molecule has 4 nitrogen and oxygen atoms in total. The molecular weight excluding hydrogens is 280 g/mol. The van der Waals surface area contributed by atoms with Crippen molar-refractivity contribution in [3.8, 4) is 0 Å². The summed E-state index contributed by atoms with van der Waals surface area (Å²) < 4.78 is 0.775. The fourth-order valence-electron chi connectivity index (χ4n) is 1.79. The molecule has 1 saturated heterocycles. The Hall–Kier alpha value is -0.620. The van der Waals surface area contributed by atoms with E-state index in [1.807, 2.05) is 10.3 Å². The van der Waals surface area contributed by atoms with E-state index in [-0.39, 0.29) is 0 Å². The number of hydrogen-bond donors (Lipinski definition) is 1. The van der Waals surface area contributed by atoms with Gasteiger partial charge in [0, 0.05) is 11.9 Å². The monoisotopic (exact) mass is 290 g/mol. The molecule has 1 aliphatic heterocycles. The number of hydrogen-bond acceptors (Lipinski definition) is 4. The number of anilines is 1. The van der Waals surface area contributed by atoms with Crippen molar-refractivity contribution < 1.29 is 9.90 Å². The van der Waals surface area contributed by atoms with E-state index in [4.69, 9.17) is 5.11 Å². The van der Waals surface area contributed by atoms with Gasteiger partial charge in [0.15, 0.2) is 5.13 Å². The summed E-state index contributed by atoms with van der Waals surface area (Å²) in [6.45, 7) is 0.789. The Morgan fingerprint density at radius 2 is 2.47 bits per heavy atom. The average Bonchev–Trinajstić information content (AvgIpc) is 2.65. The number of halogens is 1. The molecule has 2 heterocycles. The fourth-order valence-corrected chi connectivity index (χ4v) is 3.12. The van der Waals surface area contributed by atoms with E-state index in [2.05, 4.69) is 20.9 Å². The molecule has 0 radical (unpaired) electrons. The molecule has 1 aromatic rings. The van der Waals surface area contributed by atoms with Gasteiger partial charge in [0.05, 0.1) is 0 Å². The normalized spacial score (nSPS) is 21.7. The Bertz CT molecular complexity index is 369. The SMILES string of the molecule is O=C(O)C1CCCCN1c1nc(Br)cs1. The molecule has 0 spiro atoms. The third kappa shape index (κ3) is 2.31. The number of piperidine rings is 1. The second-order valence-electron chi connectivity index (χ2n) is 3.50.